The first kappa shape index (κ1) is 40.7. The van der Waals surface area contributed by atoms with E-state index in [2.05, 4.69) is 10.6 Å². The standard InChI is InChI=1S/C32H46N2O16/c1-16(36)48-27-19(12-43-2)29(32(42)46-5)50-22(25(27)39)15-47-13-20-26(45-4)24(38)21(14-44-3)49-28(20)31(41)34-10-9-33-30(40)18-8-6-7-17(11-35)23(18)37/h6-8,11,19-22,24-29,37-39H,9-10,12-15H2,1-5H3,(H,33,40)(H,34,41). The van der Waals surface area contributed by atoms with Crippen molar-refractivity contribution in [2.75, 3.05) is 68.0 Å². The Bertz CT molecular complexity index is 1310. The number of phenolic OH excluding ortho intramolecular Hbond substituents is 1. The second-order valence-electron chi connectivity index (χ2n) is 11.7. The zero-order valence-electron chi connectivity index (χ0n) is 28.5. The molecule has 1 aromatic rings. The highest BCUT2D eigenvalue weighted by Crippen LogP contribution is 2.32. The van der Waals surface area contributed by atoms with Gasteiger partial charge in [0, 0.05) is 47.3 Å². The van der Waals surface area contributed by atoms with E-state index in [1.165, 1.54) is 39.5 Å². The number of hydrogen-bond donors (Lipinski definition) is 5. The number of amides is 2. The van der Waals surface area contributed by atoms with Crippen molar-refractivity contribution in [1.82, 2.24) is 10.6 Å². The van der Waals surface area contributed by atoms with Gasteiger partial charge in [0.15, 0.2) is 12.4 Å². The van der Waals surface area contributed by atoms with Crippen molar-refractivity contribution in [1.29, 1.82) is 0 Å². The fourth-order valence-corrected chi connectivity index (χ4v) is 5.99. The number of ether oxygens (including phenoxy) is 8. The third-order valence-electron chi connectivity index (χ3n) is 8.40. The van der Waals surface area contributed by atoms with Gasteiger partial charge in [-0.1, -0.05) is 6.07 Å². The molecule has 18 heteroatoms. The molecule has 10 atom stereocenters. The highest BCUT2D eigenvalue weighted by molar-refractivity contribution is 5.99. The smallest absolute Gasteiger partial charge is 0.335 e. The van der Waals surface area contributed by atoms with Crippen molar-refractivity contribution < 1.29 is 77.2 Å². The maximum absolute atomic E-state index is 13.5. The Hall–Kier alpha value is -3.75. The lowest BCUT2D eigenvalue weighted by Gasteiger charge is -2.44. The molecule has 10 unspecified atom stereocenters. The van der Waals surface area contributed by atoms with Crippen LogP contribution in [0.15, 0.2) is 18.2 Å². The van der Waals surface area contributed by atoms with Crippen LogP contribution in [0.5, 0.6) is 5.75 Å². The molecule has 0 radical (unpaired) electrons. The molecule has 2 aliphatic heterocycles. The Morgan fingerprint density at radius 3 is 2.08 bits per heavy atom. The Labute approximate surface area is 288 Å². The average Bonchev–Trinajstić information content (AvgIpc) is 3.09. The molecule has 2 amide bonds. The van der Waals surface area contributed by atoms with E-state index < -0.39 is 90.2 Å². The van der Waals surface area contributed by atoms with E-state index >= 15 is 0 Å². The number of esters is 2. The number of carbonyl (C=O) groups excluding carboxylic acids is 5. The number of aliphatic hydroxyl groups is 2. The number of hydrogen-bond acceptors (Lipinski definition) is 16. The molecule has 0 spiro atoms. The first-order chi connectivity index (χ1) is 23.9. The van der Waals surface area contributed by atoms with Gasteiger partial charge in [-0.05, 0) is 12.1 Å². The van der Waals surface area contributed by atoms with Crippen LogP contribution < -0.4 is 10.6 Å². The third-order valence-corrected chi connectivity index (χ3v) is 8.40. The van der Waals surface area contributed by atoms with Gasteiger partial charge in [0.1, 0.15) is 42.4 Å². The van der Waals surface area contributed by atoms with Crippen LogP contribution in [-0.2, 0) is 52.3 Å². The molecule has 0 bridgehead atoms. The number of aromatic hydroxyl groups is 1. The van der Waals surface area contributed by atoms with Crippen molar-refractivity contribution in [2.45, 2.75) is 55.8 Å². The molecular formula is C32H46N2O16. The molecule has 0 aromatic heterocycles. The summed E-state index contributed by atoms with van der Waals surface area (Å²) in [7, 11) is 5.25. The molecule has 2 saturated heterocycles. The zero-order chi connectivity index (χ0) is 37.0. The maximum atomic E-state index is 13.5. The summed E-state index contributed by atoms with van der Waals surface area (Å²) in [6.45, 7) is 0.216. The number of phenols is 1. The van der Waals surface area contributed by atoms with Gasteiger partial charge >= 0.3 is 11.9 Å². The summed E-state index contributed by atoms with van der Waals surface area (Å²) in [5.41, 5.74) is -0.173. The Morgan fingerprint density at radius 2 is 1.46 bits per heavy atom. The summed E-state index contributed by atoms with van der Waals surface area (Å²) in [6, 6.07) is 4.13. The normalized spacial score (nSPS) is 29.4. The molecule has 280 valence electrons. The zero-order valence-corrected chi connectivity index (χ0v) is 28.5. The molecule has 2 heterocycles. The van der Waals surface area contributed by atoms with Crippen LogP contribution in [0.1, 0.15) is 27.6 Å². The highest BCUT2D eigenvalue weighted by Gasteiger charge is 2.51. The molecular weight excluding hydrogens is 668 g/mol. The van der Waals surface area contributed by atoms with Gasteiger partial charge in [0.2, 0.25) is 5.91 Å². The van der Waals surface area contributed by atoms with Gasteiger partial charge in [-0.15, -0.1) is 0 Å². The summed E-state index contributed by atoms with van der Waals surface area (Å²) in [4.78, 5) is 61.6. The fourth-order valence-electron chi connectivity index (χ4n) is 5.99. The largest absolute Gasteiger partial charge is 0.506 e. The van der Waals surface area contributed by atoms with Crippen molar-refractivity contribution in [3.63, 3.8) is 0 Å². The number of rotatable bonds is 17. The van der Waals surface area contributed by atoms with Crippen LogP contribution in [-0.4, -0.2) is 162 Å². The predicted molar refractivity (Wildman–Crippen MR) is 168 cm³/mol. The summed E-state index contributed by atoms with van der Waals surface area (Å²) < 4.78 is 43.8. The lowest BCUT2D eigenvalue weighted by Crippen LogP contribution is -2.62. The topological polar surface area (TPSA) is 244 Å². The lowest BCUT2D eigenvalue weighted by atomic mass is 9.86. The maximum Gasteiger partial charge on any atom is 0.335 e. The van der Waals surface area contributed by atoms with E-state index in [1.54, 1.807) is 0 Å². The summed E-state index contributed by atoms with van der Waals surface area (Å²) in [5, 5.41) is 37.5. The molecule has 3 rings (SSSR count). The molecule has 5 N–H and O–H groups in total. The van der Waals surface area contributed by atoms with E-state index in [9.17, 15) is 39.3 Å². The number of benzene rings is 1. The van der Waals surface area contributed by atoms with E-state index in [4.69, 9.17) is 37.9 Å². The van der Waals surface area contributed by atoms with E-state index in [1.807, 2.05) is 0 Å². The van der Waals surface area contributed by atoms with Gasteiger partial charge in [0.25, 0.3) is 5.91 Å². The number of carbonyl (C=O) groups is 5. The van der Waals surface area contributed by atoms with Crippen molar-refractivity contribution in [3.05, 3.63) is 29.3 Å². The fraction of sp³-hybridized carbons (Fsp3) is 0.656. The molecule has 18 nitrogen and oxygen atoms in total. The third kappa shape index (κ3) is 9.94. The quantitative estimate of drug-likeness (QED) is 0.0664. The van der Waals surface area contributed by atoms with E-state index in [0.717, 1.165) is 14.0 Å². The van der Waals surface area contributed by atoms with Gasteiger partial charge in [0.05, 0.1) is 56.7 Å². The number of aliphatic hydroxyl groups excluding tert-OH is 2. The molecule has 0 saturated carbocycles. The van der Waals surface area contributed by atoms with E-state index in [0.29, 0.717) is 6.29 Å². The molecule has 0 aliphatic carbocycles. The van der Waals surface area contributed by atoms with Crippen LogP contribution in [0.4, 0.5) is 0 Å². The monoisotopic (exact) mass is 714 g/mol. The summed E-state index contributed by atoms with van der Waals surface area (Å²) in [5.74, 6) is -5.10. The van der Waals surface area contributed by atoms with Gasteiger partial charge in [-0.25, -0.2) is 4.79 Å². The van der Waals surface area contributed by atoms with Crippen molar-refractivity contribution in [2.24, 2.45) is 11.8 Å². The second kappa shape index (κ2) is 19.6. The molecule has 2 fully saturated rings. The Morgan fingerprint density at radius 1 is 0.840 bits per heavy atom. The van der Waals surface area contributed by atoms with Gasteiger partial charge < -0.3 is 63.8 Å². The summed E-state index contributed by atoms with van der Waals surface area (Å²) in [6.07, 6.45) is -9.17. The first-order valence-electron chi connectivity index (χ1n) is 15.8. The van der Waals surface area contributed by atoms with Gasteiger partial charge in [-0.3, -0.25) is 19.2 Å². The first-order valence-corrected chi connectivity index (χ1v) is 15.8. The van der Waals surface area contributed by atoms with Crippen LogP contribution in [0, 0.1) is 11.8 Å². The van der Waals surface area contributed by atoms with Crippen LogP contribution in [0.2, 0.25) is 0 Å². The molecule has 50 heavy (non-hydrogen) atoms. The van der Waals surface area contributed by atoms with E-state index in [-0.39, 0.29) is 50.6 Å². The number of aldehydes is 1. The van der Waals surface area contributed by atoms with Crippen molar-refractivity contribution >= 4 is 30.0 Å². The number of nitrogens with one attached hydrogen (secondary N) is 2. The highest BCUT2D eigenvalue weighted by atomic mass is 16.6. The lowest BCUT2D eigenvalue weighted by molar-refractivity contribution is -0.243. The van der Waals surface area contributed by atoms with Crippen LogP contribution >= 0.6 is 0 Å². The average molecular weight is 715 g/mol. The number of methoxy groups -OCH3 is 4. The number of para-hydroxylation sites is 1. The van der Waals surface area contributed by atoms with Crippen molar-refractivity contribution in [3.8, 4) is 5.75 Å². The minimum Gasteiger partial charge on any atom is -0.506 e. The Balaban J connectivity index is 1.71. The minimum absolute atomic E-state index is 0.0542. The molecule has 1 aromatic carbocycles. The Kier molecular flexibility index (Phi) is 15.9. The summed E-state index contributed by atoms with van der Waals surface area (Å²) >= 11 is 0. The van der Waals surface area contributed by atoms with Crippen LogP contribution in [0.3, 0.4) is 0 Å². The SMILES string of the molecule is COCC1OC(C(=O)NCCNC(=O)c2cccc(C=O)c2O)C(COCC2OC(C(=O)OC)C(COC)C(OC(C)=O)C2O)C(OC)C1O. The second-order valence-corrected chi connectivity index (χ2v) is 11.7. The molecule has 2 aliphatic rings. The van der Waals surface area contributed by atoms with Gasteiger partial charge in [-0.2, -0.15) is 0 Å². The predicted octanol–water partition coefficient (Wildman–Crippen LogP) is -2.03. The minimum atomic E-state index is -1.45. The van der Waals surface area contributed by atoms with Crippen LogP contribution in [0.25, 0.3) is 0 Å².